The van der Waals surface area contributed by atoms with Gasteiger partial charge in [0.15, 0.2) is 0 Å². The Morgan fingerprint density at radius 1 is 1.39 bits per heavy atom. The maximum Gasteiger partial charge on any atom is 0.0572 e. The lowest BCUT2D eigenvalue weighted by Gasteiger charge is -2.22. The molecule has 0 radical (unpaired) electrons. The van der Waals surface area contributed by atoms with Crippen LogP contribution in [0.5, 0.6) is 0 Å². The van der Waals surface area contributed by atoms with E-state index in [4.69, 9.17) is 5.73 Å². The zero-order valence-electron chi connectivity index (χ0n) is 11.6. The average Bonchev–Trinajstić information content (AvgIpc) is 2.63. The summed E-state index contributed by atoms with van der Waals surface area (Å²) in [7, 11) is 0. The normalized spacial score (nSPS) is 22.6. The number of hydrogen-bond donors (Lipinski definition) is 1. The molecule has 100 valence electrons. The number of anilines is 1. The van der Waals surface area contributed by atoms with Gasteiger partial charge in [-0.2, -0.15) is 0 Å². The highest BCUT2D eigenvalue weighted by molar-refractivity contribution is 5.44. The Bertz CT molecular complexity index is 361. The highest BCUT2D eigenvalue weighted by atomic mass is 15.1. The van der Waals surface area contributed by atoms with Gasteiger partial charge in [0.2, 0.25) is 0 Å². The second kappa shape index (κ2) is 6.19. The van der Waals surface area contributed by atoms with Gasteiger partial charge in [0.1, 0.15) is 0 Å². The summed E-state index contributed by atoms with van der Waals surface area (Å²) in [5, 5.41) is 0. The molecule has 3 heteroatoms. The molecule has 1 aliphatic heterocycles. The molecule has 1 aromatic rings. The molecule has 0 saturated carbocycles. The third-order valence-electron chi connectivity index (χ3n) is 3.97. The van der Waals surface area contributed by atoms with Crippen LogP contribution in [0.15, 0.2) is 18.3 Å². The van der Waals surface area contributed by atoms with E-state index in [9.17, 15) is 0 Å². The van der Waals surface area contributed by atoms with Crippen LogP contribution in [0.25, 0.3) is 0 Å². The zero-order valence-corrected chi connectivity index (χ0v) is 11.6. The Balaban J connectivity index is 2.04. The van der Waals surface area contributed by atoms with Gasteiger partial charge in [0.05, 0.1) is 17.6 Å². The minimum Gasteiger partial charge on any atom is -0.370 e. The van der Waals surface area contributed by atoms with Crippen LogP contribution in [0.3, 0.4) is 0 Å². The zero-order chi connectivity index (χ0) is 13.0. The fourth-order valence-electron chi connectivity index (χ4n) is 2.53. The molecule has 1 saturated heterocycles. The van der Waals surface area contributed by atoms with Gasteiger partial charge in [0, 0.05) is 19.1 Å². The smallest absolute Gasteiger partial charge is 0.0572 e. The first-order chi connectivity index (χ1) is 8.70. The van der Waals surface area contributed by atoms with Gasteiger partial charge in [-0.3, -0.25) is 4.98 Å². The van der Waals surface area contributed by atoms with Crippen molar-refractivity contribution in [3.8, 4) is 0 Å². The third kappa shape index (κ3) is 3.22. The van der Waals surface area contributed by atoms with Crippen LogP contribution >= 0.6 is 0 Å². The van der Waals surface area contributed by atoms with E-state index in [1.165, 1.54) is 24.9 Å². The monoisotopic (exact) mass is 247 g/mol. The highest BCUT2D eigenvalue weighted by Gasteiger charge is 2.14. The number of rotatable bonds is 3. The molecule has 1 aromatic heterocycles. The summed E-state index contributed by atoms with van der Waals surface area (Å²) in [5.41, 5.74) is 8.24. The SMILES string of the molecule is CCC(N)c1ccc(N2CCCC(C)CC2)cn1. The van der Waals surface area contributed by atoms with Gasteiger partial charge in [-0.05, 0) is 43.7 Å². The van der Waals surface area contributed by atoms with E-state index in [-0.39, 0.29) is 6.04 Å². The van der Waals surface area contributed by atoms with E-state index >= 15 is 0 Å². The third-order valence-corrected chi connectivity index (χ3v) is 3.97. The van der Waals surface area contributed by atoms with Crippen LogP contribution in [0.1, 0.15) is 51.3 Å². The summed E-state index contributed by atoms with van der Waals surface area (Å²) in [4.78, 5) is 6.96. The molecule has 0 amide bonds. The van der Waals surface area contributed by atoms with Crippen molar-refractivity contribution in [2.24, 2.45) is 11.7 Å². The standard InChI is InChI=1S/C15H25N3/c1-3-14(16)15-7-6-13(11-17-15)18-9-4-5-12(2)8-10-18/h6-7,11-12,14H,3-5,8-10,16H2,1-2H3. The van der Waals surface area contributed by atoms with Crippen molar-refractivity contribution < 1.29 is 0 Å². The number of nitrogens with zero attached hydrogens (tertiary/aromatic N) is 2. The lowest BCUT2D eigenvalue weighted by atomic mass is 10.0. The maximum absolute atomic E-state index is 5.99. The maximum atomic E-state index is 5.99. The second-order valence-corrected chi connectivity index (χ2v) is 5.48. The molecule has 0 aromatic carbocycles. The van der Waals surface area contributed by atoms with Crippen LogP contribution in [-0.2, 0) is 0 Å². The average molecular weight is 247 g/mol. The molecule has 2 rings (SSSR count). The van der Waals surface area contributed by atoms with Gasteiger partial charge < -0.3 is 10.6 Å². The van der Waals surface area contributed by atoms with E-state index in [0.29, 0.717) is 0 Å². The molecule has 2 N–H and O–H groups in total. The Hall–Kier alpha value is -1.09. The molecule has 2 heterocycles. The largest absolute Gasteiger partial charge is 0.370 e. The van der Waals surface area contributed by atoms with Crippen molar-refractivity contribution >= 4 is 5.69 Å². The first-order valence-electron chi connectivity index (χ1n) is 7.17. The van der Waals surface area contributed by atoms with Crippen LogP contribution in [-0.4, -0.2) is 18.1 Å². The quantitative estimate of drug-likeness (QED) is 0.892. The molecule has 0 spiro atoms. The van der Waals surface area contributed by atoms with Gasteiger partial charge in [-0.25, -0.2) is 0 Å². The fourth-order valence-corrected chi connectivity index (χ4v) is 2.53. The number of hydrogen-bond acceptors (Lipinski definition) is 3. The predicted molar refractivity (Wildman–Crippen MR) is 76.7 cm³/mol. The molecule has 0 bridgehead atoms. The van der Waals surface area contributed by atoms with E-state index in [0.717, 1.165) is 31.1 Å². The van der Waals surface area contributed by atoms with Crippen LogP contribution < -0.4 is 10.6 Å². The van der Waals surface area contributed by atoms with E-state index in [2.05, 4.69) is 35.9 Å². The van der Waals surface area contributed by atoms with Crippen LogP contribution in [0.4, 0.5) is 5.69 Å². The van der Waals surface area contributed by atoms with E-state index in [1.807, 2.05) is 6.20 Å². The van der Waals surface area contributed by atoms with E-state index in [1.54, 1.807) is 0 Å². The molecular weight excluding hydrogens is 222 g/mol. The van der Waals surface area contributed by atoms with E-state index < -0.39 is 0 Å². The molecular formula is C15H25N3. The Morgan fingerprint density at radius 2 is 2.22 bits per heavy atom. The molecule has 18 heavy (non-hydrogen) atoms. The second-order valence-electron chi connectivity index (χ2n) is 5.48. The van der Waals surface area contributed by atoms with Crippen molar-refractivity contribution in [1.82, 2.24) is 4.98 Å². The predicted octanol–water partition coefficient (Wildman–Crippen LogP) is 3.12. The first-order valence-corrected chi connectivity index (χ1v) is 7.17. The summed E-state index contributed by atoms with van der Waals surface area (Å²) in [5.74, 6) is 0.857. The lowest BCUT2D eigenvalue weighted by molar-refractivity contribution is 0.521. The molecule has 2 atom stereocenters. The van der Waals surface area contributed by atoms with Crippen LogP contribution in [0, 0.1) is 5.92 Å². The Labute approximate surface area is 110 Å². The Morgan fingerprint density at radius 3 is 2.89 bits per heavy atom. The lowest BCUT2D eigenvalue weighted by Crippen LogP contribution is -2.24. The van der Waals surface area contributed by atoms with Crippen molar-refractivity contribution in [2.45, 2.75) is 45.6 Å². The molecule has 3 nitrogen and oxygen atoms in total. The van der Waals surface area contributed by atoms with Crippen LogP contribution in [0.2, 0.25) is 0 Å². The van der Waals surface area contributed by atoms with Crippen molar-refractivity contribution in [3.05, 3.63) is 24.0 Å². The summed E-state index contributed by atoms with van der Waals surface area (Å²) in [6.45, 7) is 6.76. The van der Waals surface area contributed by atoms with Gasteiger partial charge in [-0.1, -0.05) is 13.8 Å². The minimum atomic E-state index is 0.0724. The summed E-state index contributed by atoms with van der Waals surface area (Å²) in [6, 6.07) is 4.33. The topological polar surface area (TPSA) is 42.1 Å². The molecule has 2 unspecified atom stereocenters. The van der Waals surface area contributed by atoms with Crippen molar-refractivity contribution in [3.63, 3.8) is 0 Å². The van der Waals surface area contributed by atoms with Crippen molar-refractivity contribution in [1.29, 1.82) is 0 Å². The molecule has 0 aliphatic carbocycles. The summed E-state index contributed by atoms with van der Waals surface area (Å²) >= 11 is 0. The molecule has 1 aliphatic rings. The highest BCUT2D eigenvalue weighted by Crippen LogP contribution is 2.22. The Kier molecular flexibility index (Phi) is 4.59. The fraction of sp³-hybridized carbons (Fsp3) is 0.667. The first kappa shape index (κ1) is 13.3. The van der Waals surface area contributed by atoms with Crippen molar-refractivity contribution in [2.75, 3.05) is 18.0 Å². The number of nitrogens with two attached hydrogens (primary N) is 1. The summed E-state index contributed by atoms with van der Waals surface area (Å²) in [6.07, 6.45) is 6.85. The minimum absolute atomic E-state index is 0.0724. The number of pyridine rings is 1. The number of aromatic nitrogens is 1. The van der Waals surface area contributed by atoms with Gasteiger partial charge in [0.25, 0.3) is 0 Å². The summed E-state index contributed by atoms with van der Waals surface area (Å²) < 4.78 is 0. The molecule has 1 fully saturated rings. The van der Waals surface area contributed by atoms with Gasteiger partial charge >= 0.3 is 0 Å². The van der Waals surface area contributed by atoms with Gasteiger partial charge in [-0.15, -0.1) is 0 Å².